The zero-order valence-electron chi connectivity index (χ0n) is 20.7. The van der Waals surface area contributed by atoms with Crippen LogP contribution in [0.4, 0.5) is 29.1 Å². The molecular weight excluding hydrogens is 498 g/mol. The smallest absolute Gasteiger partial charge is 0.368 e. The molecule has 1 amide bonds. The highest BCUT2D eigenvalue weighted by Gasteiger charge is 2.36. The average molecular weight is 524 g/mol. The number of likely N-dealkylation sites (N-methyl/N-ethyl adjacent to an activating group) is 1. The Morgan fingerprint density at radius 2 is 1.68 bits per heavy atom. The fourth-order valence-electron chi connectivity index (χ4n) is 5.40. The van der Waals surface area contributed by atoms with Gasteiger partial charge in [-0.25, -0.2) is 4.98 Å². The summed E-state index contributed by atoms with van der Waals surface area (Å²) in [5, 5.41) is 5.80. The molecule has 2 aromatic carbocycles. The maximum absolute atomic E-state index is 15.3. The van der Waals surface area contributed by atoms with Crippen molar-refractivity contribution in [2.75, 3.05) is 50.0 Å². The molecule has 0 atom stereocenters. The van der Waals surface area contributed by atoms with E-state index < -0.39 is 17.7 Å². The van der Waals surface area contributed by atoms with Gasteiger partial charge in [-0.15, -0.1) is 0 Å². The van der Waals surface area contributed by atoms with Crippen LogP contribution in [-0.4, -0.2) is 55.6 Å². The predicted molar refractivity (Wildman–Crippen MR) is 138 cm³/mol. The summed E-state index contributed by atoms with van der Waals surface area (Å²) in [7, 11) is 1.93. The van der Waals surface area contributed by atoms with Crippen LogP contribution in [0.1, 0.15) is 27.0 Å². The molecule has 3 aliphatic rings. The van der Waals surface area contributed by atoms with E-state index in [1.54, 1.807) is 11.0 Å². The third kappa shape index (κ3) is 4.09. The zero-order chi connectivity index (χ0) is 26.8. The molecule has 0 spiro atoms. The first kappa shape index (κ1) is 24.4. The first-order chi connectivity index (χ1) is 18.1. The largest absolute Gasteiger partial charge is 0.418 e. The number of aromatic nitrogens is 1. The minimum Gasteiger partial charge on any atom is -0.368 e. The standard InChI is InChI=1S/C28H25F4N5O/c1-15-18-13-20-17(5-6-33-27(20)38)11-21(18)22-14-19(25(29)35-26(22)34-15)16-3-4-24(23(12-16)28(30,31)32)37-9-7-36(2)8-10-37/h3-4,11-14H,1,5-10H2,2H3,(H,33,38)(H,34,35). The molecule has 6 rings (SSSR count). The molecule has 38 heavy (non-hydrogen) atoms. The van der Waals surface area contributed by atoms with E-state index in [0.717, 1.165) is 11.6 Å². The van der Waals surface area contributed by atoms with Crippen molar-refractivity contribution in [3.63, 3.8) is 0 Å². The number of rotatable bonds is 2. The Hall–Kier alpha value is -3.92. The van der Waals surface area contributed by atoms with Crippen molar-refractivity contribution in [1.82, 2.24) is 15.2 Å². The number of fused-ring (bicyclic) bond motifs is 4. The van der Waals surface area contributed by atoms with Crippen LogP contribution in [-0.2, 0) is 12.6 Å². The number of piperazine rings is 1. The number of anilines is 2. The molecular formula is C28H25F4N5O. The van der Waals surface area contributed by atoms with E-state index in [2.05, 4.69) is 27.1 Å². The minimum atomic E-state index is -4.61. The van der Waals surface area contributed by atoms with Crippen LogP contribution in [0.2, 0.25) is 0 Å². The van der Waals surface area contributed by atoms with E-state index in [1.165, 1.54) is 18.2 Å². The summed E-state index contributed by atoms with van der Waals surface area (Å²) in [5.41, 5.74) is 3.10. The molecule has 0 saturated carbocycles. The van der Waals surface area contributed by atoms with Gasteiger partial charge in [0.1, 0.15) is 5.82 Å². The van der Waals surface area contributed by atoms with Gasteiger partial charge in [0.15, 0.2) is 0 Å². The number of hydrogen-bond acceptors (Lipinski definition) is 5. The summed E-state index contributed by atoms with van der Waals surface area (Å²) in [4.78, 5) is 20.2. The molecule has 10 heteroatoms. The quantitative estimate of drug-likeness (QED) is 0.366. The molecule has 2 N–H and O–H groups in total. The maximum Gasteiger partial charge on any atom is 0.418 e. The molecule has 3 aromatic rings. The molecule has 1 fully saturated rings. The van der Waals surface area contributed by atoms with Gasteiger partial charge in [-0.1, -0.05) is 12.6 Å². The van der Waals surface area contributed by atoms with Gasteiger partial charge in [0.2, 0.25) is 5.95 Å². The normalized spacial score (nSPS) is 17.3. The summed E-state index contributed by atoms with van der Waals surface area (Å²) in [6, 6.07) is 9.08. The lowest BCUT2D eigenvalue weighted by Gasteiger charge is -2.35. The van der Waals surface area contributed by atoms with Gasteiger partial charge in [-0.05, 0) is 60.5 Å². The van der Waals surface area contributed by atoms with Crippen LogP contribution >= 0.6 is 0 Å². The molecule has 1 saturated heterocycles. The van der Waals surface area contributed by atoms with Gasteiger partial charge in [0, 0.05) is 66.4 Å². The highest BCUT2D eigenvalue weighted by molar-refractivity contribution is 6.03. The summed E-state index contributed by atoms with van der Waals surface area (Å²) in [6.45, 7) is 6.77. The number of benzene rings is 2. The number of nitrogens with one attached hydrogen (secondary N) is 2. The van der Waals surface area contributed by atoms with Gasteiger partial charge in [0.05, 0.1) is 5.56 Å². The molecule has 0 bridgehead atoms. The number of halogens is 4. The third-order valence-electron chi connectivity index (χ3n) is 7.49. The van der Waals surface area contributed by atoms with Gasteiger partial charge in [-0.2, -0.15) is 17.6 Å². The fraction of sp³-hybridized carbons (Fsp3) is 0.286. The van der Waals surface area contributed by atoms with E-state index in [0.29, 0.717) is 67.1 Å². The second-order valence-electron chi connectivity index (χ2n) is 9.91. The average Bonchev–Trinajstić information content (AvgIpc) is 2.88. The van der Waals surface area contributed by atoms with Crippen molar-refractivity contribution in [2.24, 2.45) is 0 Å². The highest BCUT2D eigenvalue weighted by Crippen LogP contribution is 2.44. The second kappa shape index (κ2) is 8.83. The van der Waals surface area contributed by atoms with E-state index in [1.807, 2.05) is 13.1 Å². The second-order valence-corrected chi connectivity index (χ2v) is 9.91. The first-order valence-electron chi connectivity index (χ1n) is 12.4. The lowest BCUT2D eigenvalue weighted by Crippen LogP contribution is -2.45. The monoisotopic (exact) mass is 523 g/mol. The Morgan fingerprint density at radius 3 is 2.42 bits per heavy atom. The summed E-state index contributed by atoms with van der Waals surface area (Å²) < 4.78 is 57.8. The fourth-order valence-corrected chi connectivity index (χ4v) is 5.40. The van der Waals surface area contributed by atoms with Gasteiger partial charge in [0.25, 0.3) is 5.91 Å². The minimum absolute atomic E-state index is 0.0325. The van der Waals surface area contributed by atoms with Crippen molar-refractivity contribution < 1.29 is 22.4 Å². The Morgan fingerprint density at radius 1 is 0.947 bits per heavy atom. The van der Waals surface area contributed by atoms with Crippen LogP contribution in [0, 0.1) is 5.95 Å². The van der Waals surface area contributed by atoms with Gasteiger partial charge in [-0.3, -0.25) is 4.79 Å². The van der Waals surface area contributed by atoms with Crippen molar-refractivity contribution in [3.8, 4) is 22.3 Å². The summed E-state index contributed by atoms with van der Waals surface area (Å²) >= 11 is 0. The summed E-state index contributed by atoms with van der Waals surface area (Å²) in [6.07, 6.45) is -3.98. The zero-order valence-corrected chi connectivity index (χ0v) is 20.7. The molecule has 6 nitrogen and oxygen atoms in total. The van der Waals surface area contributed by atoms with Gasteiger partial charge >= 0.3 is 6.18 Å². The Bertz CT molecular complexity index is 1490. The lowest BCUT2D eigenvalue weighted by atomic mass is 9.87. The molecule has 196 valence electrons. The highest BCUT2D eigenvalue weighted by atomic mass is 19.4. The Kier molecular flexibility index (Phi) is 5.68. The number of hydrogen-bond donors (Lipinski definition) is 2. The van der Waals surface area contributed by atoms with Crippen LogP contribution in [0.15, 0.2) is 43.0 Å². The number of amides is 1. The van der Waals surface area contributed by atoms with Crippen LogP contribution in [0.3, 0.4) is 0 Å². The van der Waals surface area contributed by atoms with Crippen molar-refractivity contribution in [3.05, 3.63) is 71.2 Å². The molecule has 1 aromatic heterocycles. The number of carbonyl (C=O) groups excluding carboxylic acids is 1. The number of pyridine rings is 1. The number of carbonyl (C=O) groups is 1. The van der Waals surface area contributed by atoms with Crippen molar-refractivity contribution in [1.29, 1.82) is 0 Å². The van der Waals surface area contributed by atoms with Crippen molar-refractivity contribution in [2.45, 2.75) is 12.6 Å². The van der Waals surface area contributed by atoms with E-state index in [4.69, 9.17) is 0 Å². The Balaban J connectivity index is 1.47. The van der Waals surface area contributed by atoms with Crippen LogP contribution in [0.25, 0.3) is 28.0 Å². The van der Waals surface area contributed by atoms with E-state index in [-0.39, 0.29) is 28.5 Å². The number of alkyl halides is 3. The topological polar surface area (TPSA) is 60.5 Å². The third-order valence-corrected chi connectivity index (χ3v) is 7.49. The molecule has 0 unspecified atom stereocenters. The molecule has 3 aliphatic heterocycles. The van der Waals surface area contributed by atoms with E-state index >= 15 is 4.39 Å². The predicted octanol–water partition coefficient (Wildman–Crippen LogP) is 5.01. The van der Waals surface area contributed by atoms with E-state index in [9.17, 15) is 18.0 Å². The molecule has 4 heterocycles. The molecule has 0 aliphatic carbocycles. The molecule has 0 radical (unpaired) electrons. The first-order valence-corrected chi connectivity index (χ1v) is 12.4. The lowest BCUT2D eigenvalue weighted by molar-refractivity contribution is -0.137. The number of nitrogens with zero attached hydrogens (tertiary/aromatic N) is 3. The van der Waals surface area contributed by atoms with Gasteiger partial charge < -0.3 is 20.4 Å². The van der Waals surface area contributed by atoms with Crippen molar-refractivity contribution >= 4 is 23.1 Å². The van der Waals surface area contributed by atoms with Crippen LogP contribution in [0.5, 0.6) is 0 Å². The Labute approximate surface area is 217 Å². The van der Waals surface area contributed by atoms with Crippen LogP contribution < -0.4 is 15.5 Å². The summed E-state index contributed by atoms with van der Waals surface area (Å²) in [5.74, 6) is -0.829. The maximum atomic E-state index is 15.3. The SMILES string of the molecule is C=C1Nc2nc(F)c(-c3ccc(N4CCN(C)CC4)c(C(F)(F)F)c3)cc2-c2cc3c(cc21)C(=O)NCC3.